The molecule has 1 aromatic heterocycles. The first-order valence-electron chi connectivity index (χ1n) is 9.03. The topological polar surface area (TPSA) is 71.7 Å². The fourth-order valence-electron chi connectivity index (χ4n) is 3.52. The van der Waals surface area contributed by atoms with Gasteiger partial charge in [0.1, 0.15) is 4.90 Å². The molecule has 1 aliphatic heterocycles. The van der Waals surface area contributed by atoms with Gasteiger partial charge < -0.3 is 9.80 Å². The summed E-state index contributed by atoms with van der Waals surface area (Å²) in [6.45, 7) is 11.2. The average Bonchev–Trinajstić information content (AvgIpc) is 2.88. The summed E-state index contributed by atoms with van der Waals surface area (Å²) in [5.41, 5.74) is 2.83. The molecule has 0 radical (unpaired) electrons. The zero-order valence-corrected chi connectivity index (χ0v) is 16.7. The number of quaternary nitrogens is 1. The largest absolute Gasteiger partial charge is 0.360 e. The van der Waals surface area contributed by atoms with Crippen molar-refractivity contribution < 1.29 is 13.3 Å². The van der Waals surface area contributed by atoms with E-state index in [1.807, 2.05) is 24.3 Å². The van der Waals surface area contributed by atoms with Gasteiger partial charge in [0.05, 0.1) is 44.1 Å². The predicted molar refractivity (Wildman–Crippen MR) is 103 cm³/mol. The highest BCUT2D eigenvalue weighted by atomic mass is 32.2. The van der Waals surface area contributed by atoms with Crippen LogP contribution in [0.4, 0.5) is 11.4 Å². The van der Waals surface area contributed by atoms with Gasteiger partial charge in [-0.25, -0.2) is 8.42 Å². The van der Waals surface area contributed by atoms with Crippen LogP contribution in [0.3, 0.4) is 0 Å². The van der Waals surface area contributed by atoms with E-state index < -0.39 is 10.0 Å². The summed E-state index contributed by atoms with van der Waals surface area (Å²) in [5, 5.41) is 4.20. The lowest BCUT2D eigenvalue weighted by atomic mass is 10.2. The molecule has 0 unspecified atom stereocenters. The van der Waals surface area contributed by atoms with Crippen LogP contribution in [0.5, 0.6) is 0 Å². The van der Waals surface area contributed by atoms with Crippen LogP contribution >= 0.6 is 0 Å². The maximum atomic E-state index is 12.7. The van der Waals surface area contributed by atoms with Gasteiger partial charge in [0, 0.05) is 18.4 Å². The number of rotatable bonds is 5. The van der Waals surface area contributed by atoms with Gasteiger partial charge in [-0.1, -0.05) is 0 Å². The SMILES string of the molecule is CC[NH+]1CCN(c2ccc(NS(=O)(=O)c3c(C)nn(C)c3C)cc2)CC1. The van der Waals surface area contributed by atoms with E-state index in [2.05, 4.69) is 21.6 Å². The molecule has 0 spiro atoms. The van der Waals surface area contributed by atoms with Gasteiger partial charge in [-0.05, 0) is 45.0 Å². The number of aromatic nitrogens is 2. The number of hydrogen-bond acceptors (Lipinski definition) is 4. The molecule has 8 heteroatoms. The van der Waals surface area contributed by atoms with Crippen LogP contribution in [0.1, 0.15) is 18.3 Å². The van der Waals surface area contributed by atoms with Gasteiger partial charge in [0.25, 0.3) is 10.0 Å². The quantitative estimate of drug-likeness (QED) is 0.798. The van der Waals surface area contributed by atoms with Crippen LogP contribution in [-0.4, -0.2) is 50.9 Å². The van der Waals surface area contributed by atoms with Crippen LogP contribution in [0.25, 0.3) is 0 Å². The molecule has 1 saturated heterocycles. The zero-order chi connectivity index (χ0) is 18.9. The Morgan fingerprint density at radius 2 is 1.77 bits per heavy atom. The number of hydrogen-bond donors (Lipinski definition) is 2. The number of anilines is 2. The Morgan fingerprint density at radius 3 is 2.27 bits per heavy atom. The minimum Gasteiger partial charge on any atom is -0.360 e. The standard InChI is InChI=1S/C18H27N5O2S/c1-5-22-10-12-23(13-11-22)17-8-6-16(7-9-17)20-26(24,25)18-14(2)19-21(4)15(18)3/h6-9,20H,5,10-13H2,1-4H3/p+1. The predicted octanol–water partition coefficient (Wildman–Crippen LogP) is 0.563. The first-order valence-corrected chi connectivity index (χ1v) is 10.5. The summed E-state index contributed by atoms with van der Waals surface area (Å²) < 4.78 is 29.7. The lowest BCUT2D eigenvalue weighted by molar-refractivity contribution is -0.898. The Labute approximate surface area is 155 Å². The second-order valence-electron chi connectivity index (χ2n) is 6.87. The normalized spacial score (nSPS) is 16.1. The third-order valence-corrected chi connectivity index (χ3v) is 6.80. The van der Waals surface area contributed by atoms with Gasteiger partial charge in [-0.2, -0.15) is 5.10 Å². The molecule has 142 valence electrons. The van der Waals surface area contributed by atoms with Gasteiger partial charge in [-0.15, -0.1) is 0 Å². The number of likely N-dealkylation sites (N-methyl/N-ethyl adjacent to an activating group) is 1. The number of aryl methyl sites for hydroxylation is 2. The van der Waals surface area contributed by atoms with Crippen LogP contribution in [-0.2, 0) is 17.1 Å². The molecule has 26 heavy (non-hydrogen) atoms. The highest BCUT2D eigenvalue weighted by molar-refractivity contribution is 7.92. The van der Waals surface area contributed by atoms with E-state index in [9.17, 15) is 8.42 Å². The molecular weight excluding hydrogens is 350 g/mol. The van der Waals surface area contributed by atoms with Crippen molar-refractivity contribution in [1.82, 2.24) is 9.78 Å². The monoisotopic (exact) mass is 378 g/mol. The van der Waals surface area contributed by atoms with Gasteiger partial charge in [-0.3, -0.25) is 9.40 Å². The molecule has 1 aromatic carbocycles. The van der Waals surface area contributed by atoms with Crippen molar-refractivity contribution in [3.63, 3.8) is 0 Å². The first-order chi connectivity index (χ1) is 12.3. The maximum absolute atomic E-state index is 12.7. The van der Waals surface area contributed by atoms with Crippen molar-refractivity contribution in [3.8, 4) is 0 Å². The molecule has 0 amide bonds. The molecule has 0 atom stereocenters. The minimum atomic E-state index is -3.65. The molecule has 2 N–H and O–H groups in total. The highest BCUT2D eigenvalue weighted by Crippen LogP contribution is 2.24. The molecule has 2 heterocycles. The number of benzene rings is 1. The summed E-state index contributed by atoms with van der Waals surface area (Å²) >= 11 is 0. The molecule has 7 nitrogen and oxygen atoms in total. The van der Waals surface area contributed by atoms with Crippen LogP contribution in [0.2, 0.25) is 0 Å². The Bertz CT molecular complexity index is 866. The lowest BCUT2D eigenvalue weighted by Gasteiger charge is -2.33. The van der Waals surface area contributed by atoms with E-state index in [1.165, 1.54) is 6.54 Å². The second kappa shape index (κ2) is 7.28. The third kappa shape index (κ3) is 3.71. The van der Waals surface area contributed by atoms with Crippen molar-refractivity contribution in [2.24, 2.45) is 7.05 Å². The van der Waals surface area contributed by atoms with E-state index in [4.69, 9.17) is 0 Å². The number of nitrogens with zero attached hydrogens (tertiary/aromatic N) is 3. The number of piperazine rings is 1. The molecule has 0 aliphatic carbocycles. The summed E-state index contributed by atoms with van der Waals surface area (Å²) in [6, 6.07) is 7.62. The summed E-state index contributed by atoms with van der Waals surface area (Å²) in [7, 11) is -1.91. The summed E-state index contributed by atoms with van der Waals surface area (Å²) in [4.78, 5) is 4.24. The Balaban J connectivity index is 1.73. The van der Waals surface area contributed by atoms with Crippen LogP contribution in [0.15, 0.2) is 29.2 Å². The second-order valence-corrected chi connectivity index (χ2v) is 8.49. The number of nitrogens with one attached hydrogen (secondary N) is 2. The van der Waals surface area contributed by atoms with Gasteiger partial charge in [0.15, 0.2) is 0 Å². The van der Waals surface area contributed by atoms with E-state index in [0.29, 0.717) is 17.1 Å². The molecule has 1 aliphatic rings. The molecular formula is C18H28N5O2S+. The van der Waals surface area contributed by atoms with E-state index >= 15 is 0 Å². The number of sulfonamides is 1. The Hall–Kier alpha value is -2.06. The van der Waals surface area contributed by atoms with Crippen molar-refractivity contribution in [3.05, 3.63) is 35.7 Å². The van der Waals surface area contributed by atoms with E-state index in [0.717, 1.165) is 31.9 Å². The average molecular weight is 379 g/mol. The Morgan fingerprint density at radius 1 is 1.15 bits per heavy atom. The van der Waals surface area contributed by atoms with Crippen molar-refractivity contribution in [2.75, 3.05) is 42.3 Å². The van der Waals surface area contributed by atoms with Crippen LogP contribution < -0.4 is 14.5 Å². The smallest absolute Gasteiger partial charge is 0.265 e. The first kappa shape index (κ1) is 18.7. The molecule has 0 bridgehead atoms. The molecule has 3 rings (SSSR count). The van der Waals surface area contributed by atoms with Crippen molar-refractivity contribution in [1.29, 1.82) is 0 Å². The van der Waals surface area contributed by atoms with E-state index in [-0.39, 0.29) is 4.90 Å². The van der Waals surface area contributed by atoms with Gasteiger partial charge >= 0.3 is 0 Å². The maximum Gasteiger partial charge on any atom is 0.265 e. The fourth-order valence-corrected chi connectivity index (χ4v) is 5.02. The van der Waals surface area contributed by atoms with Gasteiger partial charge in [0.2, 0.25) is 0 Å². The lowest BCUT2D eigenvalue weighted by Crippen LogP contribution is -3.14. The molecule has 0 saturated carbocycles. The minimum absolute atomic E-state index is 0.253. The zero-order valence-electron chi connectivity index (χ0n) is 15.9. The third-order valence-electron chi connectivity index (χ3n) is 5.17. The van der Waals surface area contributed by atoms with E-state index in [1.54, 1.807) is 30.5 Å². The van der Waals surface area contributed by atoms with Crippen LogP contribution in [0, 0.1) is 13.8 Å². The summed E-state index contributed by atoms with van der Waals surface area (Å²) in [5.74, 6) is 0. The van der Waals surface area contributed by atoms with Crippen molar-refractivity contribution in [2.45, 2.75) is 25.7 Å². The molecule has 1 fully saturated rings. The highest BCUT2D eigenvalue weighted by Gasteiger charge is 2.24. The fraction of sp³-hybridized carbons (Fsp3) is 0.500. The molecule has 2 aromatic rings. The van der Waals surface area contributed by atoms with Crippen molar-refractivity contribution >= 4 is 21.4 Å². The summed E-state index contributed by atoms with van der Waals surface area (Å²) in [6.07, 6.45) is 0. The Kier molecular flexibility index (Phi) is 5.24.